The molecule has 0 aliphatic heterocycles. The number of methoxy groups -OCH3 is 1. The van der Waals surface area contributed by atoms with Gasteiger partial charge in [0.05, 0.1) is 10.4 Å². The average molecular weight is 261 g/mol. The summed E-state index contributed by atoms with van der Waals surface area (Å²) in [7, 11) is 1.67. The molecule has 1 aromatic heterocycles. The number of nitro benzene ring substituents is 1. The second-order valence-electron chi connectivity index (χ2n) is 4.10. The van der Waals surface area contributed by atoms with Crippen molar-refractivity contribution < 1.29 is 9.66 Å². The molecule has 0 saturated carbocycles. The average Bonchev–Trinajstić information content (AvgIpc) is 2.43. The number of fused-ring (bicyclic) bond motifs is 1. The number of nitrogens with one attached hydrogen (secondary N) is 1. The van der Waals surface area contributed by atoms with E-state index >= 15 is 0 Å². The molecular formula is C13H15N3O3. The van der Waals surface area contributed by atoms with Crippen molar-refractivity contribution in [2.24, 2.45) is 0 Å². The minimum Gasteiger partial charge on any atom is -0.385 e. The number of nitrogens with zero attached hydrogens (tertiary/aromatic N) is 2. The molecule has 100 valence electrons. The smallest absolute Gasteiger partial charge is 0.270 e. The summed E-state index contributed by atoms with van der Waals surface area (Å²) in [6.07, 6.45) is 0.899. The highest BCUT2D eigenvalue weighted by atomic mass is 16.6. The summed E-state index contributed by atoms with van der Waals surface area (Å²) < 4.78 is 4.96. The van der Waals surface area contributed by atoms with Crippen molar-refractivity contribution in [3.63, 3.8) is 0 Å². The fourth-order valence-corrected chi connectivity index (χ4v) is 1.76. The fraction of sp³-hybridized carbons (Fsp3) is 0.308. The van der Waals surface area contributed by atoms with Gasteiger partial charge >= 0.3 is 0 Å². The topological polar surface area (TPSA) is 77.3 Å². The first kappa shape index (κ1) is 13.2. The number of nitro groups is 1. The Hall–Kier alpha value is -2.21. The Morgan fingerprint density at radius 1 is 1.37 bits per heavy atom. The van der Waals surface area contributed by atoms with Crippen molar-refractivity contribution >= 4 is 22.4 Å². The SMILES string of the molecule is COCCCNc1ccc2cc([N+](=O)[O-])ccc2n1. The lowest BCUT2D eigenvalue weighted by Crippen LogP contribution is -2.05. The van der Waals surface area contributed by atoms with Crippen LogP contribution in [0.5, 0.6) is 0 Å². The summed E-state index contributed by atoms with van der Waals surface area (Å²) in [5, 5.41) is 14.6. The van der Waals surface area contributed by atoms with Gasteiger partial charge in [-0.05, 0) is 24.6 Å². The number of aromatic nitrogens is 1. The molecule has 0 atom stereocenters. The van der Waals surface area contributed by atoms with E-state index < -0.39 is 4.92 Å². The highest BCUT2D eigenvalue weighted by Gasteiger charge is 2.06. The molecule has 0 fully saturated rings. The third-order valence-electron chi connectivity index (χ3n) is 2.71. The molecule has 0 spiro atoms. The Kier molecular flexibility index (Phi) is 4.25. The lowest BCUT2D eigenvalue weighted by Gasteiger charge is -2.06. The molecule has 0 aliphatic carbocycles. The van der Waals surface area contributed by atoms with Crippen LogP contribution in [0.3, 0.4) is 0 Å². The van der Waals surface area contributed by atoms with Gasteiger partial charge in [-0.25, -0.2) is 4.98 Å². The second kappa shape index (κ2) is 6.10. The summed E-state index contributed by atoms with van der Waals surface area (Å²) >= 11 is 0. The minimum atomic E-state index is -0.406. The van der Waals surface area contributed by atoms with Crippen LogP contribution in [0.2, 0.25) is 0 Å². The maximum absolute atomic E-state index is 10.7. The van der Waals surface area contributed by atoms with Crippen molar-refractivity contribution in [2.45, 2.75) is 6.42 Å². The number of rotatable bonds is 6. The Morgan fingerprint density at radius 3 is 2.95 bits per heavy atom. The maximum atomic E-state index is 10.7. The van der Waals surface area contributed by atoms with Crippen LogP contribution < -0.4 is 5.32 Å². The van der Waals surface area contributed by atoms with Gasteiger partial charge in [-0.15, -0.1) is 0 Å². The molecule has 0 bridgehead atoms. The van der Waals surface area contributed by atoms with Gasteiger partial charge in [0.25, 0.3) is 5.69 Å². The van der Waals surface area contributed by atoms with E-state index in [0.717, 1.165) is 29.7 Å². The molecule has 0 aliphatic rings. The van der Waals surface area contributed by atoms with Crippen LogP contribution in [0.15, 0.2) is 30.3 Å². The Balaban J connectivity index is 2.12. The van der Waals surface area contributed by atoms with Gasteiger partial charge in [0.2, 0.25) is 0 Å². The molecule has 1 heterocycles. The van der Waals surface area contributed by atoms with E-state index in [2.05, 4.69) is 10.3 Å². The maximum Gasteiger partial charge on any atom is 0.270 e. The number of non-ortho nitro benzene ring substituents is 1. The van der Waals surface area contributed by atoms with Gasteiger partial charge in [-0.2, -0.15) is 0 Å². The fourth-order valence-electron chi connectivity index (χ4n) is 1.76. The molecule has 19 heavy (non-hydrogen) atoms. The predicted octanol–water partition coefficient (Wildman–Crippen LogP) is 2.59. The first-order valence-electron chi connectivity index (χ1n) is 5.99. The Labute approximate surface area is 110 Å². The van der Waals surface area contributed by atoms with Crippen molar-refractivity contribution in [1.82, 2.24) is 4.98 Å². The molecule has 2 rings (SSSR count). The van der Waals surface area contributed by atoms with Gasteiger partial charge in [0, 0.05) is 37.8 Å². The van der Waals surface area contributed by atoms with E-state index in [0.29, 0.717) is 6.61 Å². The number of anilines is 1. The van der Waals surface area contributed by atoms with Gasteiger partial charge in [-0.1, -0.05) is 0 Å². The molecule has 0 unspecified atom stereocenters. The second-order valence-corrected chi connectivity index (χ2v) is 4.10. The van der Waals surface area contributed by atoms with Crippen molar-refractivity contribution in [2.75, 3.05) is 25.6 Å². The van der Waals surface area contributed by atoms with Crippen LogP contribution in [0, 0.1) is 10.1 Å². The highest BCUT2D eigenvalue weighted by Crippen LogP contribution is 2.20. The number of pyridine rings is 1. The van der Waals surface area contributed by atoms with Crippen molar-refractivity contribution in [1.29, 1.82) is 0 Å². The molecule has 0 amide bonds. The third-order valence-corrected chi connectivity index (χ3v) is 2.71. The molecule has 1 N–H and O–H groups in total. The number of hydrogen-bond acceptors (Lipinski definition) is 5. The van der Waals surface area contributed by atoms with E-state index in [4.69, 9.17) is 4.74 Å². The molecule has 6 heteroatoms. The molecular weight excluding hydrogens is 246 g/mol. The van der Waals surface area contributed by atoms with E-state index in [9.17, 15) is 10.1 Å². The van der Waals surface area contributed by atoms with E-state index in [1.165, 1.54) is 12.1 Å². The highest BCUT2D eigenvalue weighted by molar-refractivity contribution is 5.82. The minimum absolute atomic E-state index is 0.0788. The standard InChI is InChI=1S/C13H15N3O3/c1-19-8-2-7-14-13-6-3-10-9-11(16(17)18)4-5-12(10)15-13/h3-6,9H,2,7-8H2,1H3,(H,14,15). The van der Waals surface area contributed by atoms with Crippen LogP contribution in [0.25, 0.3) is 10.9 Å². The Morgan fingerprint density at radius 2 is 2.21 bits per heavy atom. The van der Waals surface area contributed by atoms with E-state index in [1.807, 2.05) is 12.1 Å². The van der Waals surface area contributed by atoms with Gasteiger partial charge in [-0.3, -0.25) is 10.1 Å². The van der Waals surface area contributed by atoms with E-state index in [-0.39, 0.29) is 5.69 Å². The van der Waals surface area contributed by atoms with Crippen molar-refractivity contribution in [3.05, 3.63) is 40.4 Å². The normalized spacial score (nSPS) is 10.6. The Bertz CT molecular complexity index is 586. The molecule has 6 nitrogen and oxygen atoms in total. The van der Waals surface area contributed by atoms with Crippen LogP contribution >= 0.6 is 0 Å². The largest absolute Gasteiger partial charge is 0.385 e. The van der Waals surface area contributed by atoms with Gasteiger partial charge in [0.1, 0.15) is 5.82 Å². The van der Waals surface area contributed by atoms with Crippen molar-refractivity contribution in [3.8, 4) is 0 Å². The summed E-state index contributed by atoms with van der Waals surface area (Å²) in [5.41, 5.74) is 0.817. The zero-order valence-electron chi connectivity index (χ0n) is 10.6. The first-order valence-corrected chi connectivity index (χ1v) is 5.99. The lowest BCUT2D eigenvalue weighted by atomic mass is 10.2. The van der Waals surface area contributed by atoms with Crippen LogP contribution in [0.1, 0.15) is 6.42 Å². The number of hydrogen-bond donors (Lipinski definition) is 1. The van der Waals surface area contributed by atoms with Gasteiger partial charge < -0.3 is 10.1 Å². The molecule has 2 aromatic rings. The zero-order chi connectivity index (χ0) is 13.7. The van der Waals surface area contributed by atoms with Crippen LogP contribution in [-0.4, -0.2) is 30.2 Å². The number of benzene rings is 1. The lowest BCUT2D eigenvalue weighted by molar-refractivity contribution is -0.384. The first-order chi connectivity index (χ1) is 9.20. The predicted molar refractivity (Wildman–Crippen MR) is 73.4 cm³/mol. The number of ether oxygens (including phenoxy) is 1. The summed E-state index contributed by atoms with van der Waals surface area (Å²) in [6, 6.07) is 8.29. The molecule has 0 radical (unpaired) electrons. The monoisotopic (exact) mass is 261 g/mol. The van der Waals surface area contributed by atoms with E-state index in [1.54, 1.807) is 13.2 Å². The third kappa shape index (κ3) is 3.38. The van der Waals surface area contributed by atoms with Crippen LogP contribution in [0.4, 0.5) is 11.5 Å². The summed E-state index contributed by atoms with van der Waals surface area (Å²) in [5.74, 6) is 0.762. The molecule has 1 aromatic carbocycles. The van der Waals surface area contributed by atoms with Gasteiger partial charge in [0.15, 0.2) is 0 Å². The van der Waals surface area contributed by atoms with Crippen LogP contribution in [-0.2, 0) is 4.74 Å². The quantitative estimate of drug-likeness (QED) is 0.491. The summed E-state index contributed by atoms with van der Waals surface area (Å²) in [6.45, 7) is 1.48. The molecule has 0 saturated heterocycles. The summed E-state index contributed by atoms with van der Waals surface area (Å²) in [4.78, 5) is 14.7. The zero-order valence-corrected chi connectivity index (χ0v) is 10.6.